The molecule has 2 amide bonds. The summed E-state index contributed by atoms with van der Waals surface area (Å²) in [7, 11) is 0. The van der Waals surface area contributed by atoms with Crippen molar-refractivity contribution in [3.8, 4) is 0 Å². The highest BCUT2D eigenvalue weighted by molar-refractivity contribution is 5.75. The largest absolute Gasteiger partial charge is 0.381 e. The van der Waals surface area contributed by atoms with Gasteiger partial charge in [0.25, 0.3) is 0 Å². The average Bonchev–Trinajstić information content (AvgIpc) is 3.00. The van der Waals surface area contributed by atoms with E-state index in [1.807, 2.05) is 20.8 Å². The highest BCUT2D eigenvalue weighted by Crippen LogP contribution is 2.26. The number of amides is 2. The Morgan fingerprint density at radius 1 is 1.42 bits per heavy atom. The maximum absolute atomic E-state index is 14.1. The van der Waals surface area contributed by atoms with Gasteiger partial charge >= 0.3 is 6.03 Å². The lowest BCUT2D eigenvalue weighted by molar-refractivity contribution is 0.113. The lowest BCUT2D eigenvalue weighted by Gasteiger charge is -2.26. The van der Waals surface area contributed by atoms with Crippen LogP contribution in [0, 0.1) is 23.5 Å². The second kappa shape index (κ2) is 8.42. The Morgan fingerprint density at radius 3 is 2.79 bits per heavy atom. The Morgan fingerprint density at radius 2 is 2.17 bits per heavy atom. The van der Waals surface area contributed by atoms with Crippen molar-refractivity contribution < 1.29 is 18.3 Å². The minimum absolute atomic E-state index is 0.0178. The highest BCUT2D eigenvalue weighted by atomic mass is 19.1. The number of urea groups is 1. The van der Waals surface area contributed by atoms with E-state index in [1.54, 1.807) is 4.90 Å². The minimum Gasteiger partial charge on any atom is -0.381 e. The molecule has 0 radical (unpaired) electrons. The van der Waals surface area contributed by atoms with E-state index in [2.05, 4.69) is 5.32 Å². The Hall–Kier alpha value is -1.69. The van der Waals surface area contributed by atoms with Gasteiger partial charge in [-0.15, -0.1) is 0 Å². The van der Waals surface area contributed by atoms with E-state index in [9.17, 15) is 13.6 Å². The van der Waals surface area contributed by atoms with E-state index in [0.29, 0.717) is 37.8 Å². The third-order valence-electron chi connectivity index (χ3n) is 4.37. The SMILES string of the molecule is CCOC[C@@H]1CCN(C(=O)N[C@H](c2ccc(F)cc2F)C(C)C)C1. The molecule has 1 aliphatic rings. The summed E-state index contributed by atoms with van der Waals surface area (Å²) in [6.45, 7) is 8.38. The van der Waals surface area contributed by atoms with Crippen LogP contribution in [0.25, 0.3) is 0 Å². The summed E-state index contributed by atoms with van der Waals surface area (Å²) in [5, 5.41) is 2.90. The van der Waals surface area contributed by atoms with E-state index in [-0.39, 0.29) is 11.9 Å². The van der Waals surface area contributed by atoms with Gasteiger partial charge in [0.1, 0.15) is 11.6 Å². The van der Waals surface area contributed by atoms with Crippen LogP contribution in [0.1, 0.15) is 38.8 Å². The Labute approximate surface area is 142 Å². The van der Waals surface area contributed by atoms with Crippen molar-refractivity contribution in [1.82, 2.24) is 10.2 Å². The molecule has 0 unspecified atom stereocenters. The van der Waals surface area contributed by atoms with Crippen LogP contribution in [0.15, 0.2) is 18.2 Å². The zero-order valence-electron chi connectivity index (χ0n) is 14.5. The van der Waals surface area contributed by atoms with Crippen molar-refractivity contribution >= 4 is 6.03 Å². The van der Waals surface area contributed by atoms with Crippen LogP contribution in [-0.4, -0.2) is 37.2 Å². The molecule has 24 heavy (non-hydrogen) atoms. The summed E-state index contributed by atoms with van der Waals surface area (Å²) < 4.78 is 32.6. The number of hydrogen-bond acceptors (Lipinski definition) is 2. The first kappa shape index (κ1) is 18.6. The molecule has 0 aromatic heterocycles. The molecule has 4 nitrogen and oxygen atoms in total. The van der Waals surface area contributed by atoms with E-state index < -0.39 is 17.7 Å². The molecule has 6 heteroatoms. The third kappa shape index (κ3) is 4.66. The van der Waals surface area contributed by atoms with Crippen LogP contribution in [-0.2, 0) is 4.74 Å². The van der Waals surface area contributed by atoms with Crippen molar-refractivity contribution in [3.63, 3.8) is 0 Å². The third-order valence-corrected chi connectivity index (χ3v) is 4.37. The van der Waals surface area contributed by atoms with Gasteiger partial charge in [-0.1, -0.05) is 19.9 Å². The van der Waals surface area contributed by atoms with E-state index in [4.69, 9.17) is 4.74 Å². The van der Waals surface area contributed by atoms with Crippen LogP contribution < -0.4 is 5.32 Å². The lowest BCUT2D eigenvalue weighted by Crippen LogP contribution is -2.42. The minimum atomic E-state index is -0.635. The number of nitrogens with zero attached hydrogens (tertiary/aromatic N) is 1. The first-order valence-corrected chi connectivity index (χ1v) is 8.50. The zero-order valence-corrected chi connectivity index (χ0v) is 14.5. The highest BCUT2D eigenvalue weighted by Gasteiger charge is 2.29. The van der Waals surface area contributed by atoms with Crippen molar-refractivity contribution in [2.24, 2.45) is 11.8 Å². The first-order valence-electron chi connectivity index (χ1n) is 8.50. The van der Waals surface area contributed by atoms with Crippen LogP contribution in [0.3, 0.4) is 0 Å². The molecular weight excluding hydrogens is 314 g/mol. The molecule has 1 saturated heterocycles. The van der Waals surface area contributed by atoms with Crippen LogP contribution in [0.4, 0.5) is 13.6 Å². The Kier molecular flexibility index (Phi) is 6.54. The van der Waals surface area contributed by atoms with Crippen molar-refractivity contribution in [1.29, 1.82) is 0 Å². The summed E-state index contributed by atoms with van der Waals surface area (Å²) in [6, 6.07) is 2.76. The van der Waals surface area contributed by atoms with Crippen LogP contribution >= 0.6 is 0 Å². The number of likely N-dealkylation sites (tertiary alicyclic amines) is 1. The van der Waals surface area contributed by atoms with Gasteiger partial charge in [0.2, 0.25) is 0 Å². The zero-order chi connectivity index (χ0) is 17.7. The van der Waals surface area contributed by atoms with Gasteiger partial charge in [-0.05, 0) is 25.3 Å². The standard InChI is InChI=1S/C18H26F2N2O2/c1-4-24-11-13-7-8-22(10-13)18(23)21-17(12(2)3)15-6-5-14(19)9-16(15)20/h5-6,9,12-13,17H,4,7-8,10-11H2,1-3H3,(H,21,23)/t13-,17+/m1/s1. The first-order chi connectivity index (χ1) is 11.4. The maximum atomic E-state index is 14.1. The molecule has 1 fully saturated rings. The molecule has 1 aromatic rings. The number of hydrogen-bond donors (Lipinski definition) is 1. The number of nitrogens with one attached hydrogen (secondary N) is 1. The smallest absolute Gasteiger partial charge is 0.317 e. The maximum Gasteiger partial charge on any atom is 0.317 e. The molecule has 2 rings (SSSR count). The summed E-state index contributed by atoms with van der Waals surface area (Å²) in [5.74, 6) is -0.931. The Balaban J connectivity index is 2.02. The van der Waals surface area contributed by atoms with E-state index in [0.717, 1.165) is 12.5 Å². The van der Waals surface area contributed by atoms with Crippen molar-refractivity contribution in [2.45, 2.75) is 33.2 Å². The van der Waals surface area contributed by atoms with Gasteiger partial charge in [0.05, 0.1) is 12.6 Å². The summed E-state index contributed by atoms with van der Waals surface area (Å²) >= 11 is 0. The second-order valence-electron chi connectivity index (χ2n) is 6.60. The van der Waals surface area contributed by atoms with Gasteiger partial charge in [0, 0.05) is 37.2 Å². The molecule has 0 spiro atoms. The number of halogens is 2. The number of carbonyl (C=O) groups is 1. The van der Waals surface area contributed by atoms with Crippen LogP contribution in [0.2, 0.25) is 0 Å². The van der Waals surface area contributed by atoms with Gasteiger partial charge in [-0.3, -0.25) is 0 Å². The molecule has 1 N–H and O–H groups in total. The normalized spacial score (nSPS) is 18.9. The fourth-order valence-electron chi connectivity index (χ4n) is 3.02. The molecule has 1 aromatic carbocycles. The monoisotopic (exact) mass is 340 g/mol. The Bertz CT molecular complexity index is 566. The molecule has 1 heterocycles. The van der Waals surface area contributed by atoms with Crippen molar-refractivity contribution in [2.75, 3.05) is 26.3 Å². The number of rotatable bonds is 6. The molecule has 0 bridgehead atoms. The quantitative estimate of drug-likeness (QED) is 0.857. The van der Waals surface area contributed by atoms with Gasteiger partial charge in [-0.25, -0.2) is 13.6 Å². The fourth-order valence-corrected chi connectivity index (χ4v) is 3.02. The second-order valence-corrected chi connectivity index (χ2v) is 6.60. The van der Waals surface area contributed by atoms with Gasteiger partial charge < -0.3 is 15.0 Å². The summed E-state index contributed by atoms with van der Waals surface area (Å²) in [6.07, 6.45) is 0.907. The summed E-state index contributed by atoms with van der Waals surface area (Å²) in [4.78, 5) is 14.2. The predicted octanol–water partition coefficient (Wildman–Crippen LogP) is 3.73. The molecule has 0 saturated carbocycles. The topological polar surface area (TPSA) is 41.6 Å². The molecule has 2 atom stereocenters. The molecular formula is C18H26F2N2O2. The number of ether oxygens (including phenoxy) is 1. The lowest BCUT2D eigenvalue weighted by atomic mass is 9.95. The van der Waals surface area contributed by atoms with E-state index >= 15 is 0 Å². The number of benzene rings is 1. The van der Waals surface area contributed by atoms with Crippen LogP contribution in [0.5, 0.6) is 0 Å². The van der Waals surface area contributed by atoms with Gasteiger partial charge in [0.15, 0.2) is 0 Å². The molecule has 0 aliphatic carbocycles. The van der Waals surface area contributed by atoms with Gasteiger partial charge in [-0.2, -0.15) is 0 Å². The number of carbonyl (C=O) groups excluding carboxylic acids is 1. The van der Waals surface area contributed by atoms with Crippen molar-refractivity contribution in [3.05, 3.63) is 35.4 Å². The predicted molar refractivity (Wildman–Crippen MR) is 88.6 cm³/mol. The molecule has 1 aliphatic heterocycles. The van der Waals surface area contributed by atoms with E-state index in [1.165, 1.54) is 12.1 Å². The average molecular weight is 340 g/mol. The molecule has 134 valence electrons. The summed E-state index contributed by atoms with van der Waals surface area (Å²) in [5.41, 5.74) is 0.310. The fraction of sp³-hybridized carbons (Fsp3) is 0.611.